The van der Waals surface area contributed by atoms with Crippen LogP contribution in [0.25, 0.3) is 0 Å². The molecule has 0 fully saturated rings. The molecule has 0 aromatic rings. The first-order chi connectivity index (χ1) is 15.5. The molecule has 0 aromatic carbocycles. The molecule has 0 unspecified atom stereocenters. The summed E-state index contributed by atoms with van der Waals surface area (Å²) in [6.07, 6.45) is 33.7. The van der Waals surface area contributed by atoms with Gasteiger partial charge in [-0.2, -0.15) is 0 Å². The van der Waals surface area contributed by atoms with Crippen molar-refractivity contribution in [3.05, 3.63) is 0 Å². The van der Waals surface area contributed by atoms with E-state index in [4.69, 9.17) is 0 Å². The lowest BCUT2D eigenvalue weighted by molar-refractivity contribution is -0.890. The normalized spacial score (nSPS) is 12.2. The van der Waals surface area contributed by atoms with Crippen molar-refractivity contribution in [3.8, 4) is 0 Å². The van der Waals surface area contributed by atoms with Crippen molar-refractivity contribution >= 4 is 0 Å². The zero-order chi connectivity index (χ0) is 23.8. The largest absolute Gasteiger partial charge is 0.328 e. The molecular weight excluding hydrogens is 386 g/mol. The summed E-state index contributed by atoms with van der Waals surface area (Å²) in [6.45, 7) is 9.73. The maximum Gasteiger partial charge on any atom is 0.0782 e. The summed E-state index contributed by atoms with van der Waals surface area (Å²) in [5.74, 6) is 0.861. The van der Waals surface area contributed by atoms with Crippen LogP contribution in [0.15, 0.2) is 0 Å². The number of unbranched alkanes of at least 4 members (excludes halogenated alkanes) is 20. The van der Waals surface area contributed by atoms with Gasteiger partial charge in [-0.25, -0.2) is 0 Å². The molecule has 0 aliphatic heterocycles. The summed E-state index contributed by atoms with van der Waals surface area (Å²) in [5.41, 5.74) is 0. The van der Waals surface area contributed by atoms with Gasteiger partial charge >= 0.3 is 0 Å². The highest BCUT2D eigenvalue weighted by Crippen LogP contribution is 2.15. The lowest BCUT2D eigenvalue weighted by Gasteiger charge is -2.30. The summed E-state index contributed by atoms with van der Waals surface area (Å²) >= 11 is 0. The zero-order valence-corrected chi connectivity index (χ0v) is 23.7. The Balaban J connectivity index is 3.17. The van der Waals surface area contributed by atoms with E-state index in [0.717, 1.165) is 5.92 Å². The summed E-state index contributed by atoms with van der Waals surface area (Å²) < 4.78 is 1.23. The van der Waals surface area contributed by atoms with E-state index in [9.17, 15) is 0 Å². The number of quaternary nitrogens is 1. The molecule has 0 heterocycles. The fraction of sp³-hybridized carbons (Fsp3) is 1.00. The summed E-state index contributed by atoms with van der Waals surface area (Å²) in [4.78, 5) is 0. The SMILES string of the molecule is CCCCCCCCCCCCCCCCCCCCCCC[N+](C)(C)CCCC(C)C. The van der Waals surface area contributed by atoms with Crippen LogP contribution in [0.4, 0.5) is 0 Å². The van der Waals surface area contributed by atoms with E-state index in [-0.39, 0.29) is 0 Å². The third-order valence-corrected chi connectivity index (χ3v) is 7.41. The average Bonchev–Trinajstić information content (AvgIpc) is 2.74. The van der Waals surface area contributed by atoms with Gasteiger partial charge in [-0.3, -0.25) is 0 Å². The zero-order valence-electron chi connectivity index (χ0n) is 23.7. The molecule has 0 aromatic heterocycles. The van der Waals surface area contributed by atoms with Crippen LogP contribution in [0.1, 0.15) is 168 Å². The molecule has 0 bridgehead atoms. The standard InChI is InChI=1S/C31H66N/c1-6-7-8-9-10-11-12-13-14-15-16-17-18-19-20-21-22-23-24-25-26-29-32(4,5)30-27-28-31(2)3/h31H,6-30H2,1-5H3/q+1. The molecular formula is C31H66N+. The molecule has 1 heteroatoms. The second kappa shape index (κ2) is 24.1. The summed E-state index contributed by atoms with van der Waals surface area (Å²) in [7, 11) is 4.85. The van der Waals surface area contributed by atoms with Gasteiger partial charge in [0.15, 0.2) is 0 Å². The van der Waals surface area contributed by atoms with Gasteiger partial charge in [-0.05, 0) is 31.6 Å². The molecule has 194 valence electrons. The van der Waals surface area contributed by atoms with Gasteiger partial charge in [0, 0.05) is 0 Å². The van der Waals surface area contributed by atoms with Gasteiger partial charge in [-0.15, -0.1) is 0 Å². The monoisotopic (exact) mass is 453 g/mol. The van der Waals surface area contributed by atoms with Crippen LogP contribution in [0.5, 0.6) is 0 Å². The molecule has 0 atom stereocenters. The molecule has 0 spiro atoms. The fourth-order valence-electron chi connectivity index (χ4n) is 5.01. The van der Waals surface area contributed by atoms with Gasteiger partial charge in [0.2, 0.25) is 0 Å². The topological polar surface area (TPSA) is 0 Å². The van der Waals surface area contributed by atoms with Gasteiger partial charge in [-0.1, -0.05) is 143 Å². The van der Waals surface area contributed by atoms with Crippen molar-refractivity contribution in [1.82, 2.24) is 0 Å². The van der Waals surface area contributed by atoms with Crippen molar-refractivity contribution in [2.75, 3.05) is 27.2 Å². The Kier molecular flexibility index (Phi) is 24.1. The molecule has 0 rings (SSSR count). The summed E-state index contributed by atoms with van der Waals surface area (Å²) in [6, 6.07) is 0. The Labute approximate surface area is 206 Å². The first-order valence-corrected chi connectivity index (χ1v) is 15.3. The van der Waals surface area contributed by atoms with Crippen molar-refractivity contribution in [3.63, 3.8) is 0 Å². The summed E-state index contributed by atoms with van der Waals surface area (Å²) in [5, 5.41) is 0. The van der Waals surface area contributed by atoms with E-state index in [2.05, 4.69) is 34.9 Å². The van der Waals surface area contributed by atoms with E-state index in [1.54, 1.807) is 0 Å². The van der Waals surface area contributed by atoms with Gasteiger partial charge < -0.3 is 4.48 Å². The Morgan fingerprint density at radius 1 is 0.406 bits per heavy atom. The van der Waals surface area contributed by atoms with Crippen molar-refractivity contribution in [1.29, 1.82) is 0 Å². The van der Waals surface area contributed by atoms with Crippen molar-refractivity contribution in [2.45, 2.75) is 168 Å². The molecule has 0 radical (unpaired) electrons. The van der Waals surface area contributed by atoms with Crippen LogP contribution in [-0.2, 0) is 0 Å². The third kappa shape index (κ3) is 26.2. The van der Waals surface area contributed by atoms with Crippen LogP contribution < -0.4 is 0 Å². The highest BCUT2D eigenvalue weighted by atomic mass is 15.3. The predicted molar refractivity (Wildman–Crippen MR) is 149 cm³/mol. The quantitative estimate of drug-likeness (QED) is 0.0903. The minimum absolute atomic E-state index is 0.861. The first kappa shape index (κ1) is 32.0. The van der Waals surface area contributed by atoms with Gasteiger partial charge in [0.25, 0.3) is 0 Å². The van der Waals surface area contributed by atoms with Crippen LogP contribution in [0, 0.1) is 5.92 Å². The maximum atomic E-state index is 2.43. The van der Waals surface area contributed by atoms with Crippen LogP contribution in [-0.4, -0.2) is 31.7 Å². The lowest BCUT2D eigenvalue weighted by Crippen LogP contribution is -2.41. The second-order valence-electron chi connectivity index (χ2n) is 12.0. The number of hydrogen-bond donors (Lipinski definition) is 0. The number of nitrogens with zero attached hydrogens (tertiary/aromatic N) is 1. The second-order valence-corrected chi connectivity index (χ2v) is 12.0. The molecule has 1 nitrogen and oxygen atoms in total. The molecule has 0 saturated carbocycles. The smallest absolute Gasteiger partial charge is 0.0782 e. The highest BCUT2D eigenvalue weighted by Gasteiger charge is 2.13. The lowest BCUT2D eigenvalue weighted by atomic mass is 10.0. The number of rotatable bonds is 26. The maximum absolute atomic E-state index is 2.43. The Hall–Kier alpha value is -0.0400. The first-order valence-electron chi connectivity index (χ1n) is 15.3. The Morgan fingerprint density at radius 3 is 1.00 bits per heavy atom. The Bertz CT molecular complexity index is 346. The van der Waals surface area contributed by atoms with E-state index in [1.807, 2.05) is 0 Å². The van der Waals surface area contributed by atoms with Gasteiger partial charge in [0.1, 0.15) is 0 Å². The average molecular weight is 453 g/mol. The molecule has 0 N–H and O–H groups in total. The van der Waals surface area contributed by atoms with E-state index >= 15 is 0 Å². The molecule has 0 aliphatic carbocycles. The van der Waals surface area contributed by atoms with Crippen LogP contribution in [0.3, 0.4) is 0 Å². The molecule has 0 saturated heterocycles. The predicted octanol–water partition coefficient (Wildman–Crippen LogP) is 10.7. The molecule has 0 aliphatic rings. The Morgan fingerprint density at radius 2 is 0.688 bits per heavy atom. The highest BCUT2D eigenvalue weighted by molar-refractivity contribution is 4.51. The van der Waals surface area contributed by atoms with E-state index < -0.39 is 0 Å². The third-order valence-electron chi connectivity index (χ3n) is 7.41. The molecule has 0 amide bonds. The van der Waals surface area contributed by atoms with Crippen LogP contribution >= 0.6 is 0 Å². The molecule has 32 heavy (non-hydrogen) atoms. The van der Waals surface area contributed by atoms with Crippen molar-refractivity contribution in [2.24, 2.45) is 5.92 Å². The van der Waals surface area contributed by atoms with E-state index in [0.29, 0.717) is 0 Å². The number of hydrogen-bond acceptors (Lipinski definition) is 0. The van der Waals surface area contributed by atoms with Crippen molar-refractivity contribution < 1.29 is 4.48 Å². The minimum Gasteiger partial charge on any atom is -0.328 e. The van der Waals surface area contributed by atoms with E-state index in [1.165, 1.54) is 165 Å². The minimum atomic E-state index is 0.861. The fourth-order valence-corrected chi connectivity index (χ4v) is 5.01. The van der Waals surface area contributed by atoms with Crippen LogP contribution in [0.2, 0.25) is 0 Å². The van der Waals surface area contributed by atoms with Gasteiger partial charge in [0.05, 0.1) is 27.2 Å².